The van der Waals surface area contributed by atoms with Gasteiger partial charge in [-0.05, 0) is 28.8 Å². The quantitative estimate of drug-likeness (QED) is 0.806. The molecular formula is C12H21BrN2O2S. The summed E-state index contributed by atoms with van der Waals surface area (Å²) in [6.45, 7) is 4.00. The van der Waals surface area contributed by atoms with Crippen LogP contribution in [0, 0.1) is 5.92 Å². The molecule has 18 heavy (non-hydrogen) atoms. The molecule has 0 saturated heterocycles. The Labute approximate surface area is 121 Å². The predicted octanol–water partition coefficient (Wildman–Crippen LogP) is 4.17. The molecule has 104 valence electrons. The van der Waals surface area contributed by atoms with Gasteiger partial charge < -0.3 is 10.8 Å². The first-order valence-electron chi connectivity index (χ1n) is 6.19. The normalized spacial score (nSPS) is 14.8. The summed E-state index contributed by atoms with van der Waals surface area (Å²) in [5.74, 6) is -0.631. The van der Waals surface area contributed by atoms with E-state index in [1.54, 1.807) is 6.20 Å². The zero-order valence-electron chi connectivity index (χ0n) is 10.9. The Hall–Kier alpha value is -0.620. The maximum Gasteiger partial charge on any atom is 0.306 e. The Kier molecular flexibility index (Phi) is 9.96. The lowest BCUT2D eigenvalue weighted by atomic mass is 9.90. The van der Waals surface area contributed by atoms with Crippen molar-refractivity contribution < 1.29 is 9.90 Å². The van der Waals surface area contributed by atoms with Crippen molar-refractivity contribution in [1.82, 2.24) is 4.98 Å². The Morgan fingerprint density at radius 3 is 2.22 bits per heavy atom. The van der Waals surface area contributed by atoms with Gasteiger partial charge in [0.15, 0.2) is 5.13 Å². The lowest BCUT2D eigenvalue weighted by Crippen LogP contribution is -2.16. The SMILES string of the molecule is CC.Nc1ncc(Br)s1.O=C(O)C1CCCCC1. The van der Waals surface area contributed by atoms with Gasteiger partial charge in [-0.2, -0.15) is 0 Å². The molecule has 0 radical (unpaired) electrons. The molecule has 3 N–H and O–H groups in total. The van der Waals surface area contributed by atoms with E-state index in [1.807, 2.05) is 13.8 Å². The molecule has 0 aliphatic heterocycles. The third-order valence-electron chi connectivity index (χ3n) is 2.45. The second-order valence-electron chi connectivity index (χ2n) is 3.68. The number of thiazole rings is 1. The Morgan fingerprint density at radius 2 is 2.00 bits per heavy atom. The fourth-order valence-electron chi connectivity index (χ4n) is 1.62. The number of anilines is 1. The minimum Gasteiger partial charge on any atom is -0.481 e. The fraction of sp³-hybridized carbons (Fsp3) is 0.667. The molecule has 2 rings (SSSR count). The van der Waals surface area contributed by atoms with Gasteiger partial charge in [0.2, 0.25) is 0 Å². The second-order valence-corrected chi connectivity index (χ2v) is 6.12. The van der Waals surface area contributed by atoms with E-state index in [1.165, 1.54) is 17.8 Å². The van der Waals surface area contributed by atoms with Gasteiger partial charge in [-0.15, -0.1) is 0 Å². The molecule has 0 unspecified atom stereocenters. The van der Waals surface area contributed by atoms with Crippen LogP contribution in [-0.2, 0) is 4.79 Å². The standard InChI is InChI=1S/C7H12O2.C3H3BrN2S.C2H6/c8-7(9)6-4-2-1-3-5-6;4-2-1-6-3(5)7-2;1-2/h6H,1-5H2,(H,8,9);1H,(H2,5,6);1-2H3. The van der Waals surface area contributed by atoms with Crippen molar-refractivity contribution in [3.05, 3.63) is 9.98 Å². The summed E-state index contributed by atoms with van der Waals surface area (Å²) in [5.41, 5.74) is 5.26. The third kappa shape index (κ3) is 7.66. The zero-order valence-corrected chi connectivity index (χ0v) is 13.3. The molecule has 0 aromatic carbocycles. The van der Waals surface area contributed by atoms with Gasteiger partial charge in [0.25, 0.3) is 0 Å². The van der Waals surface area contributed by atoms with E-state index in [9.17, 15) is 4.79 Å². The van der Waals surface area contributed by atoms with Gasteiger partial charge in [0.1, 0.15) is 0 Å². The first-order valence-corrected chi connectivity index (χ1v) is 7.80. The highest BCUT2D eigenvalue weighted by Crippen LogP contribution is 2.23. The van der Waals surface area contributed by atoms with Crippen molar-refractivity contribution in [3.63, 3.8) is 0 Å². The van der Waals surface area contributed by atoms with Crippen molar-refractivity contribution in [2.45, 2.75) is 46.0 Å². The van der Waals surface area contributed by atoms with Crippen molar-refractivity contribution in [2.75, 3.05) is 5.73 Å². The number of hydrogen-bond acceptors (Lipinski definition) is 4. The topological polar surface area (TPSA) is 76.2 Å². The molecule has 0 atom stereocenters. The summed E-state index contributed by atoms with van der Waals surface area (Å²) in [5, 5.41) is 9.14. The molecule has 0 amide bonds. The van der Waals surface area contributed by atoms with E-state index in [0.29, 0.717) is 5.13 Å². The lowest BCUT2D eigenvalue weighted by Gasteiger charge is -2.16. The van der Waals surface area contributed by atoms with Crippen molar-refractivity contribution >= 4 is 38.4 Å². The molecule has 4 nitrogen and oxygen atoms in total. The largest absolute Gasteiger partial charge is 0.481 e. The molecule has 0 spiro atoms. The van der Waals surface area contributed by atoms with Crippen LogP contribution < -0.4 is 5.73 Å². The van der Waals surface area contributed by atoms with Crippen LogP contribution >= 0.6 is 27.3 Å². The highest BCUT2D eigenvalue weighted by atomic mass is 79.9. The molecule has 1 saturated carbocycles. The number of rotatable bonds is 1. The van der Waals surface area contributed by atoms with Crippen LogP contribution in [0.1, 0.15) is 46.0 Å². The number of aliphatic carboxylic acids is 1. The van der Waals surface area contributed by atoms with Gasteiger partial charge >= 0.3 is 5.97 Å². The second kappa shape index (κ2) is 10.3. The van der Waals surface area contributed by atoms with E-state index in [0.717, 1.165) is 29.5 Å². The number of nitrogens with zero attached hydrogens (tertiary/aromatic N) is 1. The molecule has 0 bridgehead atoms. The average molecular weight is 337 g/mol. The maximum atomic E-state index is 10.4. The number of aromatic nitrogens is 1. The highest BCUT2D eigenvalue weighted by Gasteiger charge is 2.19. The summed E-state index contributed by atoms with van der Waals surface area (Å²) in [4.78, 5) is 14.1. The van der Waals surface area contributed by atoms with Gasteiger partial charge in [-0.25, -0.2) is 4.98 Å². The predicted molar refractivity (Wildman–Crippen MR) is 79.8 cm³/mol. The number of hydrogen-bond donors (Lipinski definition) is 2. The Bertz CT molecular complexity index is 322. The number of nitrogens with two attached hydrogens (primary N) is 1. The summed E-state index contributed by atoms with van der Waals surface area (Å²) in [6, 6.07) is 0. The molecule has 1 aromatic heterocycles. The molecule has 1 fully saturated rings. The fourth-order valence-corrected chi connectivity index (χ4v) is 2.63. The van der Waals surface area contributed by atoms with Crippen LogP contribution in [-0.4, -0.2) is 16.1 Å². The third-order valence-corrected chi connectivity index (χ3v) is 3.76. The minimum atomic E-state index is -0.602. The minimum absolute atomic E-state index is 0.0289. The molecule has 1 aliphatic carbocycles. The van der Waals surface area contributed by atoms with Crippen LogP contribution in [0.4, 0.5) is 5.13 Å². The van der Waals surface area contributed by atoms with E-state index in [-0.39, 0.29) is 5.92 Å². The van der Waals surface area contributed by atoms with Gasteiger partial charge in [-0.1, -0.05) is 44.4 Å². The maximum absolute atomic E-state index is 10.4. The first kappa shape index (κ1) is 17.4. The van der Waals surface area contributed by atoms with Crippen LogP contribution in [0.3, 0.4) is 0 Å². The number of nitrogen functional groups attached to an aromatic ring is 1. The number of halogens is 1. The van der Waals surface area contributed by atoms with Gasteiger partial charge in [-0.3, -0.25) is 4.79 Å². The number of carboxylic acids is 1. The Morgan fingerprint density at radius 1 is 1.44 bits per heavy atom. The molecule has 6 heteroatoms. The van der Waals surface area contributed by atoms with Crippen molar-refractivity contribution in [1.29, 1.82) is 0 Å². The van der Waals surface area contributed by atoms with Crippen molar-refractivity contribution in [3.8, 4) is 0 Å². The van der Waals surface area contributed by atoms with Gasteiger partial charge in [0, 0.05) is 0 Å². The van der Waals surface area contributed by atoms with E-state index < -0.39 is 5.97 Å². The molecule has 1 aromatic rings. The van der Waals surface area contributed by atoms with Crippen LogP contribution in [0.5, 0.6) is 0 Å². The summed E-state index contributed by atoms with van der Waals surface area (Å²) in [7, 11) is 0. The number of carbonyl (C=O) groups is 1. The van der Waals surface area contributed by atoms with Crippen LogP contribution in [0.15, 0.2) is 9.98 Å². The van der Waals surface area contributed by atoms with Crippen LogP contribution in [0.2, 0.25) is 0 Å². The highest BCUT2D eigenvalue weighted by molar-refractivity contribution is 9.11. The van der Waals surface area contributed by atoms with E-state index in [2.05, 4.69) is 20.9 Å². The van der Waals surface area contributed by atoms with E-state index >= 15 is 0 Å². The molecular weight excluding hydrogens is 316 g/mol. The zero-order chi connectivity index (χ0) is 14.0. The summed E-state index contributed by atoms with van der Waals surface area (Å²) < 4.78 is 0.977. The summed E-state index contributed by atoms with van der Waals surface area (Å²) >= 11 is 4.63. The first-order chi connectivity index (χ1) is 8.59. The monoisotopic (exact) mass is 336 g/mol. The van der Waals surface area contributed by atoms with Crippen LogP contribution in [0.25, 0.3) is 0 Å². The van der Waals surface area contributed by atoms with Crippen molar-refractivity contribution in [2.24, 2.45) is 5.92 Å². The summed E-state index contributed by atoms with van der Waals surface area (Å²) in [6.07, 6.45) is 6.92. The Balaban J connectivity index is 0.000000289. The van der Waals surface area contributed by atoms with Gasteiger partial charge in [0.05, 0.1) is 15.9 Å². The smallest absolute Gasteiger partial charge is 0.306 e. The number of carboxylic acid groups (broad SMARTS) is 1. The average Bonchev–Trinajstić information content (AvgIpc) is 2.77. The molecule has 1 heterocycles. The molecule has 1 aliphatic rings. The lowest BCUT2D eigenvalue weighted by molar-refractivity contribution is -0.142. The van der Waals surface area contributed by atoms with E-state index in [4.69, 9.17) is 10.8 Å².